The molecule has 13 atom stereocenters. The van der Waals surface area contributed by atoms with Gasteiger partial charge in [-0.3, -0.25) is 0 Å². The highest BCUT2D eigenvalue weighted by atomic mass is 79.9. The van der Waals surface area contributed by atoms with E-state index in [4.69, 9.17) is 28.4 Å². The molecule has 2 aromatic rings. The van der Waals surface area contributed by atoms with E-state index in [2.05, 4.69) is 52.6 Å². The molecule has 0 radical (unpaired) electrons. The third-order valence-electron chi connectivity index (χ3n) is 9.79. The summed E-state index contributed by atoms with van der Waals surface area (Å²) in [5, 5.41) is 54.6. The number of aliphatic hydroxyl groups is 5. The molecular formula is C36H46Br2O13. The lowest BCUT2D eigenvalue weighted by atomic mass is 9.75. The lowest BCUT2D eigenvalue weighted by molar-refractivity contribution is -0.339. The highest BCUT2D eigenvalue weighted by Gasteiger charge is 2.50. The van der Waals surface area contributed by atoms with Crippen LogP contribution < -0.4 is 0 Å². The number of ether oxygens (including phenoxy) is 6. The number of halogens is 2. The van der Waals surface area contributed by atoms with Gasteiger partial charge >= 0.3 is 11.9 Å². The van der Waals surface area contributed by atoms with E-state index in [0.717, 1.165) is 28.2 Å². The van der Waals surface area contributed by atoms with Gasteiger partial charge in [0.15, 0.2) is 18.7 Å². The van der Waals surface area contributed by atoms with Crippen LogP contribution in [-0.4, -0.2) is 118 Å². The van der Waals surface area contributed by atoms with Crippen LogP contribution in [0.15, 0.2) is 57.5 Å². The summed E-state index contributed by atoms with van der Waals surface area (Å²) in [4.78, 5) is 25.9. The van der Waals surface area contributed by atoms with E-state index in [1.165, 1.54) is 12.1 Å². The average molecular weight is 847 g/mol. The number of carbonyl (C=O) groups excluding carboxylic acids is 2. The van der Waals surface area contributed by atoms with Crippen molar-refractivity contribution in [2.45, 2.75) is 108 Å². The zero-order valence-electron chi connectivity index (χ0n) is 28.5. The fourth-order valence-electron chi connectivity index (χ4n) is 6.73. The minimum atomic E-state index is -1.77. The molecule has 2 saturated heterocycles. The molecule has 2 aliphatic heterocycles. The minimum Gasteiger partial charge on any atom is -0.459 e. The van der Waals surface area contributed by atoms with Crippen LogP contribution in [0.2, 0.25) is 0 Å². The number of esters is 2. The second-order valence-electron chi connectivity index (χ2n) is 13.9. The second-order valence-corrected chi connectivity index (χ2v) is 15.7. The van der Waals surface area contributed by atoms with Gasteiger partial charge in [0, 0.05) is 8.95 Å². The Morgan fingerprint density at radius 3 is 1.92 bits per heavy atom. The average Bonchev–Trinajstić information content (AvgIpc) is 3.10. The summed E-state index contributed by atoms with van der Waals surface area (Å²) in [6.45, 7) is 5.37. The van der Waals surface area contributed by atoms with E-state index >= 15 is 0 Å². The summed E-state index contributed by atoms with van der Waals surface area (Å²) >= 11 is 6.61. The molecule has 15 heteroatoms. The molecule has 0 spiro atoms. The van der Waals surface area contributed by atoms with Crippen LogP contribution in [-0.2, 0) is 28.4 Å². The van der Waals surface area contributed by atoms with E-state index in [9.17, 15) is 35.1 Å². The van der Waals surface area contributed by atoms with Crippen LogP contribution in [0.5, 0.6) is 0 Å². The summed E-state index contributed by atoms with van der Waals surface area (Å²) < 4.78 is 36.5. The monoisotopic (exact) mass is 844 g/mol. The summed E-state index contributed by atoms with van der Waals surface area (Å²) in [5.41, 5.74) is 0.390. The van der Waals surface area contributed by atoms with E-state index in [0.29, 0.717) is 11.8 Å². The summed E-state index contributed by atoms with van der Waals surface area (Å²) in [6.07, 6.45) is -12.7. The maximum absolute atomic E-state index is 13.0. The first-order chi connectivity index (χ1) is 24.2. The smallest absolute Gasteiger partial charge is 0.338 e. The maximum Gasteiger partial charge on any atom is 0.338 e. The zero-order valence-corrected chi connectivity index (χ0v) is 31.7. The van der Waals surface area contributed by atoms with Crippen molar-refractivity contribution in [2.75, 3.05) is 13.2 Å². The fraction of sp³-hybridized carbons (Fsp3) is 0.611. The van der Waals surface area contributed by atoms with Crippen molar-refractivity contribution < 1.29 is 63.5 Å². The van der Waals surface area contributed by atoms with Crippen molar-refractivity contribution >= 4 is 43.8 Å². The van der Waals surface area contributed by atoms with Crippen molar-refractivity contribution in [3.63, 3.8) is 0 Å². The highest BCUT2D eigenvalue weighted by molar-refractivity contribution is 9.10. The SMILES string of the molecule is CC(C)[C@@H]1CC[C@@H](C)C[C@H]1O[C@@H]1O[C@H](CO[C@@H]2O[C@H](COC(=O)c3ccc(Br)cc3)[C@@H](OC(=O)c3ccc(Br)cc3)[C@H](O)[C@H]2O)[C@@H](O)[C@H](O)[C@H]1O. The Labute approximate surface area is 313 Å². The normalized spacial score (nSPS) is 35.7. The first-order valence-electron chi connectivity index (χ1n) is 17.1. The first-order valence-corrected chi connectivity index (χ1v) is 18.7. The predicted molar refractivity (Wildman–Crippen MR) is 187 cm³/mol. The minimum absolute atomic E-state index is 0.159. The van der Waals surface area contributed by atoms with Gasteiger partial charge in [0.05, 0.1) is 23.8 Å². The van der Waals surface area contributed by atoms with Crippen molar-refractivity contribution in [1.82, 2.24) is 0 Å². The summed E-state index contributed by atoms with van der Waals surface area (Å²) in [6, 6.07) is 12.7. The van der Waals surface area contributed by atoms with Crippen LogP contribution >= 0.6 is 31.9 Å². The summed E-state index contributed by atoms with van der Waals surface area (Å²) in [5.74, 6) is -0.614. The Morgan fingerprint density at radius 1 is 0.745 bits per heavy atom. The zero-order chi connectivity index (χ0) is 37.0. The standard InChI is InChI=1S/C36H46Br2O13/c1-17(2)23-13-4-18(3)14-24(23)48-36-30(42)28(40)27(39)25(49-36)15-47-35-31(43)29(41)32(51-34(45)20-7-11-22(38)12-8-20)26(50-35)16-46-33(44)19-5-9-21(37)10-6-19/h5-12,17-18,23-32,35-36,39-43H,4,13-16H2,1-3H3/t18-,23+,24-,25-,26-,27-,28+,29-,30-,31-,32-,35-,36-/m1/s1. The van der Waals surface area contributed by atoms with Gasteiger partial charge in [0.1, 0.15) is 49.3 Å². The van der Waals surface area contributed by atoms with Gasteiger partial charge in [-0.15, -0.1) is 0 Å². The van der Waals surface area contributed by atoms with Crippen LogP contribution in [0.3, 0.4) is 0 Å². The number of rotatable bonds is 11. The van der Waals surface area contributed by atoms with Gasteiger partial charge in [0.25, 0.3) is 0 Å². The largest absolute Gasteiger partial charge is 0.459 e. The van der Waals surface area contributed by atoms with E-state index in [1.807, 2.05) is 0 Å². The van der Waals surface area contributed by atoms with E-state index in [-0.39, 0.29) is 23.1 Å². The van der Waals surface area contributed by atoms with Gasteiger partial charge in [-0.2, -0.15) is 0 Å². The number of carbonyl (C=O) groups is 2. The number of aliphatic hydroxyl groups excluding tert-OH is 5. The number of hydrogen-bond donors (Lipinski definition) is 5. The van der Waals surface area contributed by atoms with E-state index in [1.54, 1.807) is 36.4 Å². The number of benzene rings is 2. The molecule has 3 fully saturated rings. The number of hydrogen-bond acceptors (Lipinski definition) is 13. The van der Waals surface area contributed by atoms with Gasteiger partial charge in [-0.25, -0.2) is 9.59 Å². The molecule has 0 bridgehead atoms. The lowest BCUT2D eigenvalue weighted by Gasteiger charge is -2.45. The van der Waals surface area contributed by atoms with Gasteiger partial charge in [-0.05, 0) is 79.1 Å². The van der Waals surface area contributed by atoms with Crippen molar-refractivity contribution in [3.8, 4) is 0 Å². The summed E-state index contributed by atoms with van der Waals surface area (Å²) in [7, 11) is 0. The molecule has 5 N–H and O–H groups in total. The van der Waals surface area contributed by atoms with Crippen LogP contribution in [0.4, 0.5) is 0 Å². The Balaban J connectivity index is 1.28. The molecule has 5 rings (SSSR count). The quantitative estimate of drug-likeness (QED) is 0.207. The lowest BCUT2D eigenvalue weighted by Crippen LogP contribution is -2.62. The molecule has 2 heterocycles. The molecule has 1 saturated carbocycles. The molecule has 13 nitrogen and oxygen atoms in total. The fourth-order valence-corrected chi connectivity index (χ4v) is 7.26. The Hall–Kier alpha value is -2.02. The topological polar surface area (TPSA) is 191 Å². The third-order valence-corrected chi connectivity index (χ3v) is 10.8. The predicted octanol–water partition coefficient (Wildman–Crippen LogP) is 3.34. The maximum atomic E-state index is 13.0. The molecular weight excluding hydrogens is 800 g/mol. The van der Waals surface area contributed by atoms with Crippen molar-refractivity contribution in [1.29, 1.82) is 0 Å². The third kappa shape index (κ3) is 9.95. The first kappa shape index (κ1) is 40.2. The molecule has 3 aliphatic rings. The molecule has 0 aromatic heterocycles. The second kappa shape index (κ2) is 17.9. The van der Waals surface area contributed by atoms with Crippen molar-refractivity contribution in [2.24, 2.45) is 17.8 Å². The van der Waals surface area contributed by atoms with Crippen molar-refractivity contribution in [3.05, 3.63) is 68.6 Å². The highest BCUT2D eigenvalue weighted by Crippen LogP contribution is 2.37. The Morgan fingerprint density at radius 2 is 1.31 bits per heavy atom. The molecule has 51 heavy (non-hydrogen) atoms. The molecule has 0 unspecified atom stereocenters. The van der Waals surface area contributed by atoms with Gasteiger partial charge < -0.3 is 54.0 Å². The molecule has 2 aromatic carbocycles. The van der Waals surface area contributed by atoms with Gasteiger partial charge in [0.2, 0.25) is 0 Å². The van der Waals surface area contributed by atoms with Crippen LogP contribution in [0, 0.1) is 17.8 Å². The Bertz CT molecular complexity index is 1440. The van der Waals surface area contributed by atoms with Gasteiger partial charge in [-0.1, -0.05) is 59.1 Å². The molecule has 1 aliphatic carbocycles. The van der Waals surface area contributed by atoms with Crippen LogP contribution in [0.1, 0.15) is 60.7 Å². The molecule has 0 amide bonds. The Kier molecular flexibility index (Phi) is 14.1. The molecule has 282 valence electrons. The van der Waals surface area contributed by atoms with E-state index < -0.39 is 86.6 Å². The van der Waals surface area contributed by atoms with Crippen LogP contribution in [0.25, 0.3) is 0 Å².